The number of nitrogens with one attached hydrogen (secondary N) is 1. The van der Waals surface area contributed by atoms with Gasteiger partial charge in [0.25, 0.3) is 0 Å². The van der Waals surface area contributed by atoms with Crippen molar-refractivity contribution in [2.24, 2.45) is 0 Å². The summed E-state index contributed by atoms with van der Waals surface area (Å²) in [5.41, 5.74) is 5.41. The maximum Gasteiger partial charge on any atom is 0.144 e. The van der Waals surface area contributed by atoms with Gasteiger partial charge < -0.3 is 4.57 Å². The van der Waals surface area contributed by atoms with Gasteiger partial charge in [-0.2, -0.15) is 5.10 Å². The number of hydrogen-bond acceptors (Lipinski definition) is 2. The molecule has 0 spiro atoms. The van der Waals surface area contributed by atoms with Gasteiger partial charge in [0.15, 0.2) is 0 Å². The Labute approximate surface area is 116 Å². The van der Waals surface area contributed by atoms with Crippen LogP contribution in [0.4, 0.5) is 0 Å². The zero-order chi connectivity index (χ0) is 13.7. The van der Waals surface area contributed by atoms with Crippen molar-refractivity contribution in [3.63, 3.8) is 0 Å². The molecule has 3 aromatic heterocycles. The first-order chi connectivity index (χ1) is 9.72. The van der Waals surface area contributed by atoms with E-state index in [1.165, 1.54) is 5.56 Å². The van der Waals surface area contributed by atoms with Crippen molar-refractivity contribution >= 4 is 21.9 Å². The van der Waals surface area contributed by atoms with Crippen LogP contribution in [0.1, 0.15) is 11.3 Å². The summed E-state index contributed by atoms with van der Waals surface area (Å²) in [5, 5.41) is 9.42. The first kappa shape index (κ1) is 11.2. The number of H-pyrrole nitrogens is 1. The van der Waals surface area contributed by atoms with Crippen LogP contribution < -0.4 is 0 Å². The third-order valence-corrected chi connectivity index (χ3v) is 3.68. The molecule has 1 N–H and O–H groups in total. The molecule has 0 aliphatic rings. The third kappa shape index (κ3) is 1.54. The van der Waals surface area contributed by atoms with Crippen molar-refractivity contribution < 1.29 is 0 Å². The molecule has 0 atom stereocenters. The topological polar surface area (TPSA) is 46.5 Å². The SMILES string of the molecule is Cc1ccc2ccn(-c3cc(C)c4[nH]ncc4c3)c2n1. The average Bonchev–Trinajstić information content (AvgIpc) is 3.04. The summed E-state index contributed by atoms with van der Waals surface area (Å²) in [6, 6.07) is 10.5. The number of aromatic amines is 1. The molecule has 4 rings (SSSR count). The van der Waals surface area contributed by atoms with Crippen LogP contribution in [0.25, 0.3) is 27.6 Å². The fourth-order valence-electron chi connectivity index (χ4n) is 2.67. The number of pyridine rings is 1. The van der Waals surface area contributed by atoms with Crippen molar-refractivity contribution in [2.45, 2.75) is 13.8 Å². The highest BCUT2D eigenvalue weighted by atomic mass is 15.1. The Morgan fingerprint density at radius 3 is 2.85 bits per heavy atom. The Morgan fingerprint density at radius 2 is 1.95 bits per heavy atom. The van der Waals surface area contributed by atoms with E-state index < -0.39 is 0 Å². The number of rotatable bonds is 1. The summed E-state index contributed by atoms with van der Waals surface area (Å²) in [6.45, 7) is 4.11. The van der Waals surface area contributed by atoms with Gasteiger partial charge in [0, 0.05) is 28.4 Å². The van der Waals surface area contributed by atoms with Crippen LogP contribution >= 0.6 is 0 Å². The number of hydrogen-bond donors (Lipinski definition) is 1. The van der Waals surface area contributed by atoms with Gasteiger partial charge in [-0.15, -0.1) is 0 Å². The summed E-state index contributed by atoms with van der Waals surface area (Å²) in [7, 11) is 0. The molecular weight excluding hydrogens is 248 g/mol. The lowest BCUT2D eigenvalue weighted by Gasteiger charge is -2.07. The normalized spacial score (nSPS) is 11.5. The molecule has 0 unspecified atom stereocenters. The van der Waals surface area contributed by atoms with E-state index >= 15 is 0 Å². The Kier molecular flexibility index (Phi) is 2.21. The summed E-state index contributed by atoms with van der Waals surface area (Å²) < 4.78 is 2.13. The molecule has 20 heavy (non-hydrogen) atoms. The van der Waals surface area contributed by atoms with Gasteiger partial charge in [0.2, 0.25) is 0 Å². The van der Waals surface area contributed by atoms with E-state index in [4.69, 9.17) is 0 Å². The highest BCUT2D eigenvalue weighted by molar-refractivity contribution is 5.85. The lowest BCUT2D eigenvalue weighted by Crippen LogP contribution is -1.95. The fraction of sp³-hybridized carbons (Fsp3) is 0.125. The van der Waals surface area contributed by atoms with E-state index in [0.717, 1.165) is 33.3 Å². The monoisotopic (exact) mass is 262 g/mol. The molecule has 98 valence electrons. The number of aromatic nitrogens is 4. The largest absolute Gasteiger partial charge is 0.301 e. The van der Waals surface area contributed by atoms with Gasteiger partial charge in [-0.25, -0.2) is 4.98 Å². The molecule has 0 amide bonds. The summed E-state index contributed by atoms with van der Waals surface area (Å²) in [5.74, 6) is 0. The third-order valence-electron chi connectivity index (χ3n) is 3.68. The standard InChI is InChI=1S/C16H14N4/c1-10-7-14(8-13-9-17-19-15(10)13)20-6-5-12-4-3-11(2)18-16(12)20/h3-9H,1-2H3,(H,17,19). The number of fused-ring (bicyclic) bond motifs is 2. The minimum Gasteiger partial charge on any atom is -0.301 e. The number of nitrogens with zero attached hydrogens (tertiary/aromatic N) is 3. The zero-order valence-electron chi connectivity index (χ0n) is 11.4. The number of benzene rings is 1. The Bertz CT molecular complexity index is 930. The van der Waals surface area contributed by atoms with Crippen LogP contribution in [0.3, 0.4) is 0 Å². The smallest absolute Gasteiger partial charge is 0.144 e. The van der Waals surface area contributed by atoms with Crippen molar-refractivity contribution in [1.29, 1.82) is 0 Å². The lowest BCUT2D eigenvalue weighted by molar-refractivity contribution is 1.07. The molecule has 0 bridgehead atoms. The molecule has 4 heteroatoms. The zero-order valence-corrected chi connectivity index (χ0v) is 11.4. The Morgan fingerprint density at radius 1 is 1.05 bits per heavy atom. The molecule has 1 aromatic carbocycles. The van der Waals surface area contributed by atoms with Crippen molar-refractivity contribution in [2.75, 3.05) is 0 Å². The van der Waals surface area contributed by atoms with E-state index in [1.807, 2.05) is 19.2 Å². The molecule has 0 radical (unpaired) electrons. The van der Waals surface area contributed by atoms with Gasteiger partial charge in [-0.05, 0) is 49.7 Å². The van der Waals surface area contributed by atoms with Crippen molar-refractivity contribution in [1.82, 2.24) is 19.7 Å². The summed E-state index contributed by atoms with van der Waals surface area (Å²) in [6.07, 6.45) is 3.92. The number of aryl methyl sites for hydroxylation is 2. The second-order valence-corrected chi connectivity index (χ2v) is 5.15. The maximum absolute atomic E-state index is 4.65. The summed E-state index contributed by atoms with van der Waals surface area (Å²) in [4.78, 5) is 4.65. The van der Waals surface area contributed by atoms with Crippen molar-refractivity contribution in [3.8, 4) is 5.69 Å². The van der Waals surface area contributed by atoms with Gasteiger partial charge in [0.05, 0.1) is 11.7 Å². The van der Waals surface area contributed by atoms with Gasteiger partial charge in [-0.1, -0.05) is 0 Å². The van der Waals surface area contributed by atoms with Gasteiger partial charge in [0.1, 0.15) is 5.65 Å². The molecule has 4 aromatic rings. The van der Waals surface area contributed by atoms with Crippen molar-refractivity contribution in [3.05, 3.63) is 54.0 Å². The second kappa shape index (κ2) is 3.93. The molecule has 0 aliphatic heterocycles. The van der Waals surface area contributed by atoms with E-state index in [1.54, 1.807) is 0 Å². The van der Waals surface area contributed by atoms with Crippen LogP contribution in [0.15, 0.2) is 42.7 Å². The average molecular weight is 262 g/mol. The van der Waals surface area contributed by atoms with Crippen LogP contribution in [0.2, 0.25) is 0 Å². The molecule has 0 aliphatic carbocycles. The minimum absolute atomic E-state index is 0.993. The predicted octanol–water partition coefficient (Wildman–Crippen LogP) is 3.52. The van der Waals surface area contributed by atoms with E-state index in [2.05, 4.69) is 57.1 Å². The van der Waals surface area contributed by atoms with E-state index in [9.17, 15) is 0 Å². The molecule has 3 heterocycles. The second-order valence-electron chi connectivity index (χ2n) is 5.15. The van der Waals surface area contributed by atoms with E-state index in [-0.39, 0.29) is 0 Å². The first-order valence-electron chi connectivity index (χ1n) is 6.61. The quantitative estimate of drug-likeness (QED) is 0.570. The molecule has 0 fully saturated rings. The van der Waals surface area contributed by atoms with Gasteiger partial charge >= 0.3 is 0 Å². The first-order valence-corrected chi connectivity index (χ1v) is 6.61. The van der Waals surface area contributed by atoms with Crippen LogP contribution in [-0.4, -0.2) is 19.7 Å². The maximum atomic E-state index is 4.65. The highest BCUT2D eigenvalue weighted by Crippen LogP contribution is 2.24. The molecule has 0 saturated carbocycles. The highest BCUT2D eigenvalue weighted by Gasteiger charge is 2.08. The van der Waals surface area contributed by atoms with Crippen LogP contribution in [0.5, 0.6) is 0 Å². The molecule has 4 nitrogen and oxygen atoms in total. The minimum atomic E-state index is 0.993. The summed E-state index contributed by atoms with van der Waals surface area (Å²) >= 11 is 0. The lowest BCUT2D eigenvalue weighted by atomic mass is 10.1. The van der Waals surface area contributed by atoms with Gasteiger partial charge in [-0.3, -0.25) is 5.10 Å². The fourth-order valence-corrected chi connectivity index (χ4v) is 2.67. The Hall–Kier alpha value is -2.62. The van der Waals surface area contributed by atoms with Crippen LogP contribution in [-0.2, 0) is 0 Å². The van der Waals surface area contributed by atoms with Crippen LogP contribution in [0, 0.1) is 13.8 Å². The Balaban J connectivity index is 2.03. The van der Waals surface area contributed by atoms with E-state index in [0.29, 0.717) is 0 Å². The predicted molar refractivity (Wildman–Crippen MR) is 80.2 cm³/mol. The molecular formula is C16H14N4. The molecule has 0 saturated heterocycles.